The molecule has 0 spiro atoms. The molecule has 5 heteroatoms. The maximum Gasteiger partial charge on any atom is 0.175 e. The van der Waals surface area contributed by atoms with Gasteiger partial charge in [-0.2, -0.15) is 0 Å². The van der Waals surface area contributed by atoms with Gasteiger partial charge in [0.1, 0.15) is 0 Å². The Morgan fingerprint density at radius 1 is 0.759 bits per heavy atom. The quantitative estimate of drug-likeness (QED) is 0.640. The molecule has 3 aromatic rings. The molecule has 0 saturated carbocycles. The highest BCUT2D eigenvalue weighted by Gasteiger charge is 2.18. The maximum atomic E-state index is 11.7. The summed E-state index contributed by atoms with van der Waals surface area (Å²) in [4.78, 5) is 5.28. The van der Waals surface area contributed by atoms with Crippen molar-refractivity contribution in [3.63, 3.8) is 0 Å². The predicted molar refractivity (Wildman–Crippen MR) is 119 cm³/mol. The van der Waals surface area contributed by atoms with E-state index in [0.29, 0.717) is 4.90 Å². The summed E-state index contributed by atoms with van der Waals surface area (Å²) in [6, 6.07) is 26.2. The number of piperazine rings is 1. The van der Waals surface area contributed by atoms with Crippen LogP contribution in [0.25, 0.3) is 11.1 Å². The summed E-state index contributed by atoms with van der Waals surface area (Å²) < 4.78 is 23.5. The van der Waals surface area contributed by atoms with Crippen molar-refractivity contribution in [2.24, 2.45) is 0 Å². The minimum atomic E-state index is -3.18. The molecule has 1 aliphatic heterocycles. The normalized spacial score (nSPS) is 15.4. The lowest BCUT2D eigenvalue weighted by Crippen LogP contribution is -2.46. The fourth-order valence-corrected chi connectivity index (χ4v) is 4.50. The van der Waals surface area contributed by atoms with E-state index in [1.807, 2.05) is 18.2 Å². The maximum absolute atomic E-state index is 11.7. The van der Waals surface area contributed by atoms with Crippen LogP contribution in [0.5, 0.6) is 0 Å². The lowest BCUT2D eigenvalue weighted by Gasteiger charge is -2.36. The molecule has 1 heterocycles. The monoisotopic (exact) mass is 406 g/mol. The van der Waals surface area contributed by atoms with Crippen LogP contribution in [0.3, 0.4) is 0 Å². The van der Waals surface area contributed by atoms with Gasteiger partial charge in [-0.15, -0.1) is 0 Å². The van der Waals surface area contributed by atoms with E-state index >= 15 is 0 Å². The minimum Gasteiger partial charge on any atom is -0.369 e. The van der Waals surface area contributed by atoms with Gasteiger partial charge in [-0.05, 0) is 41.0 Å². The van der Waals surface area contributed by atoms with Gasteiger partial charge < -0.3 is 4.90 Å². The molecule has 29 heavy (non-hydrogen) atoms. The largest absolute Gasteiger partial charge is 0.369 e. The molecular weight excluding hydrogens is 380 g/mol. The average Bonchev–Trinajstić information content (AvgIpc) is 2.75. The first-order valence-electron chi connectivity index (χ1n) is 9.91. The van der Waals surface area contributed by atoms with Crippen molar-refractivity contribution in [3.8, 4) is 11.1 Å². The van der Waals surface area contributed by atoms with E-state index in [-0.39, 0.29) is 0 Å². The van der Waals surface area contributed by atoms with Crippen LogP contribution in [-0.2, 0) is 16.4 Å². The lowest BCUT2D eigenvalue weighted by molar-refractivity contribution is 0.250. The van der Waals surface area contributed by atoms with Crippen LogP contribution in [-0.4, -0.2) is 45.8 Å². The third-order valence-electron chi connectivity index (χ3n) is 5.50. The second-order valence-electron chi connectivity index (χ2n) is 7.55. The SMILES string of the molecule is CS(=O)(=O)c1ccc(-c2ccccc2CN2CCN(c3ccccc3)CC2)cc1. The number of hydrogen-bond donors (Lipinski definition) is 0. The van der Waals surface area contributed by atoms with Gasteiger partial charge in [0, 0.05) is 44.7 Å². The van der Waals surface area contributed by atoms with Crippen molar-refractivity contribution in [2.45, 2.75) is 11.4 Å². The van der Waals surface area contributed by atoms with E-state index in [0.717, 1.165) is 43.9 Å². The van der Waals surface area contributed by atoms with Crippen molar-refractivity contribution in [2.75, 3.05) is 37.3 Å². The van der Waals surface area contributed by atoms with Crippen LogP contribution in [0, 0.1) is 0 Å². The molecule has 0 aliphatic carbocycles. The van der Waals surface area contributed by atoms with E-state index in [2.05, 4.69) is 58.3 Å². The van der Waals surface area contributed by atoms with E-state index in [4.69, 9.17) is 0 Å². The average molecular weight is 407 g/mol. The van der Waals surface area contributed by atoms with Gasteiger partial charge in [-0.3, -0.25) is 4.90 Å². The molecule has 0 unspecified atom stereocenters. The third kappa shape index (κ3) is 4.69. The molecule has 0 N–H and O–H groups in total. The molecule has 1 aliphatic rings. The number of hydrogen-bond acceptors (Lipinski definition) is 4. The number of benzene rings is 3. The number of rotatable bonds is 5. The summed E-state index contributed by atoms with van der Waals surface area (Å²) in [6.07, 6.45) is 1.24. The van der Waals surface area contributed by atoms with Crippen molar-refractivity contribution in [1.82, 2.24) is 4.90 Å². The van der Waals surface area contributed by atoms with Crippen molar-refractivity contribution in [3.05, 3.63) is 84.4 Å². The van der Waals surface area contributed by atoms with Gasteiger partial charge in [-0.1, -0.05) is 54.6 Å². The first kappa shape index (κ1) is 19.7. The zero-order chi connectivity index (χ0) is 20.3. The molecule has 0 atom stereocenters. The number of anilines is 1. The van der Waals surface area contributed by atoms with Gasteiger partial charge in [-0.25, -0.2) is 8.42 Å². The second kappa shape index (κ2) is 8.39. The summed E-state index contributed by atoms with van der Waals surface area (Å²) >= 11 is 0. The zero-order valence-corrected chi connectivity index (χ0v) is 17.5. The first-order valence-corrected chi connectivity index (χ1v) is 11.8. The Balaban J connectivity index is 1.47. The molecule has 0 amide bonds. The van der Waals surface area contributed by atoms with Crippen molar-refractivity contribution >= 4 is 15.5 Å². The van der Waals surface area contributed by atoms with Crippen LogP contribution >= 0.6 is 0 Å². The molecule has 0 aromatic heterocycles. The lowest BCUT2D eigenvalue weighted by atomic mass is 9.99. The molecule has 4 nitrogen and oxygen atoms in total. The number of nitrogens with zero attached hydrogens (tertiary/aromatic N) is 2. The van der Waals surface area contributed by atoms with Crippen molar-refractivity contribution < 1.29 is 8.42 Å². The Morgan fingerprint density at radius 3 is 2.03 bits per heavy atom. The Hall–Kier alpha value is -2.63. The fraction of sp³-hybridized carbons (Fsp3) is 0.250. The van der Waals surface area contributed by atoms with Gasteiger partial charge in [0.15, 0.2) is 9.84 Å². The fourth-order valence-electron chi connectivity index (χ4n) is 3.87. The molecule has 4 rings (SSSR count). The topological polar surface area (TPSA) is 40.6 Å². The standard InChI is InChI=1S/C24H26N2O2S/c1-29(27,28)23-13-11-20(12-14-23)24-10-6-5-7-21(24)19-25-15-17-26(18-16-25)22-8-3-2-4-9-22/h2-14H,15-19H2,1H3. The Labute approximate surface area is 173 Å². The molecule has 0 radical (unpaired) electrons. The molecular formula is C24H26N2O2S. The summed E-state index contributed by atoms with van der Waals surface area (Å²) in [6.45, 7) is 4.99. The van der Waals surface area contributed by atoms with Gasteiger partial charge >= 0.3 is 0 Å². The Bertz CT molecular complexity index is 1060. The van der Waals surface area contributed by atoms with Crippen LogP contribution in [0.4, 0.5) is 5.69 Å². The smallest absolute Gasteiger partial charge is 0.175 e. The molecule has 0 bridgehead atoms. The van der Waals surface area contributed by atoms with E-state index in [1.165, 1.54) is 17.5 Å². The summed E-state index contributed by atoms with van der Waals surface area (Å²) in [5.74, 6) is 0. The Kier molecular flexibility index (Phi) is 5.69. The van der Waals surface area contributed by atoms with Crippen LogP contribution in [0.15, 0.2) is 83.8 Å². The van der Waals surface area contributed by atoms with Gasteiger partial charge in [0.25, 0.3) is 0 Å². The van der Waals surface area contributed by atoms with Crippen molar-refractivity contribution in [1.29, 1.82) is 0 Å². The summed E-state index contributed by atoms with van der Waals surface area (Å²) in [5, 5.41) is 0. The van der Waals surface area contributed by atoms with Gasteiger partial charge in [0.2, 0.25) is 0 Å². The zero-order valence-electron chi connectivity index (χ0n) is 16.7. The molecule has 1 fully saturated rings. The summed E-state index contributed by atoms with van der Waals surface area (Å²) in [5.41, 5.74) is 4.78. The highest BCUT2D eigenvalue weighted by molar-refractivity contribution is 7.90. The minimum absolute atomic E-state index is 0.357. The molecule has 1 saturated heterocycles. The highest BCUT2D eigenvalue weighted by Crippen LogP contribution is 2.27. The van der Waals surface area contributed by atoms with E-state index < -0.39 is 9.84 Å². The van der Waals surface area contributed by atoms with E-state index in [9.17, 15) is 8.42 Å². The molecule has 3 aromatic carbocycles. The summed E-state index contributed by atoms with van der Waals surface area (Å²) in [7, 11) is -3.18. The third-order valence-corrected chi connectivity index (χ3v) is 6.63. The first-order chi connectivity index (χ1) is 14.0. The second-order valence-corrected chi connectivity index (χ2v) is 9.57. The Morgan fingerprint density at radius 2 is 1.38 bits per heavy atom. The van der Waals surface area contributed by atoms with E-state index in [1.54, 1.807) is 12.1 Å². The predicted octanol–water partition coefficient (Wildman–Crippen LogP) is 4.08. The number of sulfone groups is 1. The number of para-hydroxylation sites is 1. The molecule has 150 valence electrons. The van der Waals surface area contributed by atoms with Gasteiger partial charge in [0.05, 0.1) is 4.90 Å². The highest BCUT2D eigenvalue weighted by atomic mass is 32.2. The van der Waals surface area contributed by atoms with Crippen LogP contribution in [0.1, 0.15) is 5.56 Å². The van der Waals surface area contributed by atoms with Crippen LogP contribution in [0.2, 0.25) is 0 Å². The van der Waals surface area contributed by atoms with Crippen LogP contribution < -0.4 is 4.90 Å².